The van der Waals surface area contributed by atoms with Crippen molar-refractivity contribution in [1.82, 2.24) is 5.32 Å². The van der Waals surface area contributed by atoms with Crippen molar-refractivity contribution in [2.75, 3.05) is 11.9 Å². The topological polar surface area (TPSA) is 115 Å². The first-order valence-electron chi connectivity index (χ1n) is 6.06. The molecule has 0 unspecified atom stereocenters. The zero-order valence-electron chi connectivity index (χ0n) is 11.5. The van der Waals surface area contributed by atoms with E-state index < -0.39 is 12.0 Å². The normalized spacial score (nSPS) is 10.1. The van der Waals surface area contributed by atoms with Gasteiger partial charge in [0.2, 0.25) is 0 Å². The number of ether oxygens (including phenoxy) is 1. The van der Waals surface area contributed by atoms with Crippen LogP contribution in [0.1, 0.15) is 12.5 Å². The Hall–Kier alpha value is -3.03. The van der Waals surface area contributed by atoms with E-state index in [9.17, 15) is 9.59 Å². The van der Waals surface area contributed by atoms with Crippen LogP contribution >= 0.6 is 11.6 Å². The van der Waals surface area contributed by atoms with Gasteiger partial charge in [-0.15, -0.1) is 0 Å². The van der Waals surface area contributed by atoms with Crippen LogP contribution in [-0.2, 0) is 9.53 Å². The number of hydrogen-bond donors (Lipinski definition) is 2. The van der Waals surface area contributed by atoms with Gasteiger partial charge in [-0.05, 0) is 25.1 Å². The first-order valence-corrected chi connectivity index (χ1v) is 6.44. The Kier molecular flexibility index (Phi) is 6.42. The number of nitrogens with zero attached hydrogens (tertiary/aromatic N) is 2. The molecule has 2 amide bonds. The molecule has 0 bridgehead atoms. The zero-order chi connectivity index (χ0) is 16.5. The van der Waals surface area contributed by atoms with E-state index in [1.165, 1.54) is 18.2 Å². The van der Waals surface area contributed by atoms with Gasteiger partial charge in [-0.25, -0.2) is 4.79 Å². The molecule has 0 radical (unpaired) electrons. The fourth-order valence-corrected chi connectivity index (χ4v) is 1.56. The number of nitrogens with one attached hydrogen (secondary N) is 2. The minimum absolute atomic E-state index is 0.101. The van der Waals surface area contributed by atoms with Crippen LogP contribution in [0.4, 0.5) is 10.5 Å². The Balaban J connectivity index is 2.82. The van der Waals surface area contributed by atoms with Crippen LogP contribution in [0.5, 0.6) is 0 Å². The van der Waals surface area contributed by atoms with Crippen LogP contribution in [0.3, 0.4) is 0 Å². The van der Waals surface area contributed by atoms with Gasteiger partial charge in [0, 0.05) is 6.20 Å². The molecule has 1 rings (SSSR count). The lowest BCUT2D eigenvalue weighted by Gasteiger charge is -2.06. The molecule has 0 aromatic heterocycles. The van der Waals surface area contributed by atoms with Gasteiger partial charge in [0.15, 0.2) is 0 Å². The number of carbonyl (C=O) groups excluding carboxylic acids is 2. The summed E-state index contributed by atoms with van der Waals surface area (Å²) >= 11 is 5.94. The summed E-state index contributed by atoms with van der Waals surface area (Å²) in [6.45, 7) is 1.68. The summed E-state index contributed by atoms with van der Waals surface area (Å²) in [5.74, 6) is -0.904. The lowest BCUT2D eigenvalue weighted by molar-refractivity contribution is -0.116. The van der Waals surface area contributed by atoms with Crippen LogP contribution in [0.25, 0.3) is 0 Å². The van der Waals surface area contributed by atoms with E-state index in [-0.39, 0.29) is 17.2 Å². The molecule has 0 saturated heterocycles. The second-order valence-corrected chi connectivity index (χ2v) is 4.20. The smallest absolute Gasteiger partial charge is 0.414 e. The third kappa shape index (κ3) is 4.82. The third-order valence-electron chi connectivity index (χ3n) is 2.33. The summed E-state index contributed by atoms with van der Waals surface area (Å²) in [6, 6.07) is 8.05. The molecule has 0 saturated carbocycles. The second-order valence-electron chi connectivity index (χ2n) is 3.80. The van der Waals surface area contributed by atoms with Gasteiger partial charge >= 0.3 is 6.09 Å². The highest BCUT2D eigenvalue weighted by Gasteiger charge is 2.13. The summed E-state index contributed by atoms with van der Waals surface area (Å²) in [6.07, 6.45) is 0.159. The van der Waals surface area contributed by atoms with Crippen molar-refractivity contribution in [2.24, 2.45) is 0 Å². The molecule has 112 valence electrons. The van der Waals surface area contributed by atoms with Gasteiger partial charge in [-0.3, -0.25) is 10.1 Å². The van der Waals surface area contributed by atoms with Gasteiger partial charge in [-0.2, -0.15) is 10.5 Å². The Morgan fingerprint density at radius 2 is 2.14 bits per heavy atom. The first kappa shape index (κ1) is 17.0. The number of halogens is 1. The van der Waals surface area contributed by atoms with E-state index in [1.807, 2.05) is 11.4 Å². The van der Waals surface area contributed by atoms with E-state index in [0.29, 0.717) is 11.3 Å². The van der Waals surface area contributed by atoms with E-state index in [0.717, 1.165) is 6.20 Å². The van der Waals surface area contributed by atoms with Crippen LogP contribution in [0.15, 0.2) is 30.0 Å². The zero-order valence-corrected chi connectivity index (χ0v) is 12.3. The molecule has 2 N–H and O–H groups in total. The Morgan fingerprint density at radius 3 is 2.68 bits per heavy atom. The third-order valence-corrected chi connectivity index (χ3v) is 2.64. The summed E-state index contributed by atoms with van der Waals surface area (Å²) in [4.78, 5) is 22.8. The van der Waals surface area contributed by atoms with E-state index in [4.69, 9.17) is 22.1 Å². The predicted molar refractivity (Wildman–Crippen MR) is 78.7 cm³/mol. The number of amides is 2. The van der Waals surface area contributed by atoms with Crippen molar-refractivity contribution in [2.45, 2.75) is 6.92 Å². The number of imide groups is 1. The summed E-state index contributed by atoms with van der Waals surface area (Å²) in [7, 11) is 0. The van der Waals surface area contributed by atoms with E-state index >= 15 is 0 Å². The van der Waals surface area contributed by atoms with Crippen molar-refractivity contribution >= 4 is 29.3 Å². The van der Waals surface area contributed by atoms with E-state index in [2.05, 4.69) is 10.1 Å². The van der Waals surface area contributed by atoms with Gasteiger partial charge in [-0.1, -0.05) is 11.6 Å². The quantitative estimate of drug-likeness (QED) is 0.650. The van der Waals surface area contributed by atoms with Crippen LogP contribution in [0.2, 0.25) is 5.02 Å². The van der Waals surface area contributed by atoms with Crippen molar-refractivity contribution in [3.8, 4) is 12.1 Å². The second kappa shape index (κ2) is 8.30. The standard InChI is InChI=1S/C14H11ClN4O3/c1-2-22-14(21)19-13(20)10(7-17)8-18-12-4-3-9(6-16)5-11(12)15/h3-5,8,18H,2H2,1H3,(H,19,20,21)/b10-8-. The summed E-state index contributed by atoms with van der Waals surface area (Å²) in [5.41, 5.74) is 0.436. The van der Waals surface area contributed by atoms with Gasteiger partial charge in [0.1, 0.15) is 11.6 Å². The average Bonchev–Trinajstić information content (AvgIpc) is 2.49. The average molecular weight is 319 g/mol. The number of benzene rings is 1. The molecule has 0 aliphatic rings. The molecule has 0 heterocycles. The molecular weight excluding hydrogens is 308 g/mol. The molecule has 0 aliphatic heterocycles. The van der Waals surface area contributed by atoms with Crippen molar-refractivity contribution < 1.29 is 14.3 Å². The molecule has 0 fully saturated rings. The molecule has 1 aromatic rings. The van der Waals surface area contributed by atoms with E-state index in [1.54, 1.807) is 13.0 Å². The number of alkyl carbamates (subject to hydrolysis) is 1. The van der Waals surface area contributed by atoms with Crippen LogP contribution < -0.4 is 10.6 Å². The fraction of sp³-hybridized carbons (Fsp3) is 0.143. The van der Waals surface area contributed by atoms with Gasteiger partial charge in [0.05, 0.1) is 28.9 Å². The lowest BCUT2D eigenvalue weighted by Crippen LogP contribution is -2.32. The number of anilines is 1. The highest BCUT2D eigenvalue weighted by Crippen LogP contribution is 2.22. The highest BCUT2D eigenvalue weighted by molar-refractivity contribution is 6.33. The molecule has 7 nitrogen and oxygen atoms in total. The lowest BCUT2D eigenvalue weighted by atomic mass is 10.2. The minimum atomic E-state index is -0.940. The molecule has 0 spiro atoms. The maximum absolute atomic E-state index is 11.6. The number of hydrogen-bond acceptors (Lipinski definition) is 6. The van der Waals surface area contributed by atoms with Crippen molar-refractivity contribution in [3.05, 3.63) is 40.6 Å². The monoisotopic (exact) mass is 318 g/mol. The Labute approximate surface area is 131 Å². The maximum atomic E-state index is 11.6. The molecule has 22 heavy (non-hydrogen) atoms. The summed E-state index contributed by atoms with van der Waals surface area (Å²) < 4.78 is 4.53. The largest absolute Gasteiger partial charge is 0.450 e. The number of carbonyl (C=O) groups is 2. The molecule has 0 aliphatic carbocycles. The van der Waals surface area contributed by atoms with Crippen LogP contribution in [0, 0.1) is 22.7 Å². The van der Waals surface area contributed by atoms with Gasteiger partial charge < -0.3 is 10.1 Å². The van der Waals surface area contributed by atoms with Crippen LogP contribution in [-0.4, -0.2) is 18.6 Å². The molecule has 8 heteroatoms. The fourth-order valence-electron chi connectivity index (χ4n) is 1.33. The van der Waals surface area contributed by atoms with Crippen molar-refractivity contribution in [1.29, 1.82) is 10.5 Å². The molecular formula is C14H11ClN4O3. The number of rotatable bonds is 4. The van der Waals surface area contributed by atoms with Gasteiger partial charge in [0.25, 0.3) is 5.91 Å². The first-order chi connectivity index (χ1) is 10.5. The summed E-state index contributed by atoms with van der Waals surface area (Å²) in [5, 5.41) is 22.5. The molecule has 1 aromatic carbocycles. The maximum Gasteiger partial charge on any atom is 0.414 e. The highest BCUT2D eigenvalue weighted by atomic mass is 35.5. The number of nitriles is 2. The molecule has 0 atom stereocenters. The van der Waals surface area contributed by atoms with Crippen molar-refractivity contribution in [3.63, 3.8) is 0 Å². The Morgan fingerprint density at radius 1 is 1.41 bits per heavy atom. The SMILES string of the molecule is CCOC(=O)NC(=O)/C(C#N)=C\Nc1ccc(C#N)cc1Cl. The predicted octanol–water partition coefficient (Wildman–Crippen LogP) is 2.30. The minimum Gasteiger partial charge on any atom is -0.450 e. The Bertz CT molecular complexity index is 701.